The number of nitrogens with one attached hydrogen (secondary N) is 2. The van der Waals surface area contributed by atoms with Gasteiger partial charge in [0.1, 0.15) is 15.6 Å². The van der Waals surface area contributed by atoms with Gasteiger partial charge in [-0.05, 0) is 36.5 Å². The van der Waals surface area contributed by atoms with E-state index >= 15 is 0 Å². The van der Waals surface area contributed by atoms with Gasteiger partial charge >= 0.3 is 12.0 Å². The molecule has 1 aliphatic rings. The van der Waals surface area contributed by atoms with Gasteiger partial charge in [-0.3, -0.25) is 10.1 Å². The van der Waals surface area contributed by atoms with Crippen LogP contribution in [0, 0.1) is 0 Å². The van der Waals surface area contributed by atoms with Crippen LogP contribution < -0.4 is 10.6 Å². The second-order valence-electron chi connectivity index (χ2n) is 6.62. The molecular formula is C18H28N4O4S2. The first-order valence-corrected chi connectivity index (χ1v) is 11.5. The number of rotatable bonds is 12. The van der Waals surface area contributed by atoms with Crippen LogP contribution in [0.4, 0.5) is 9.80 Å². The number of amides is 3. The summed E-state index contributed by atoms with van der Waals surface area (Å²) in [5.41, 5.74) is 0.0586. The molecule has 0 saturated carbocycles. The van der Waals surface area contributed by atoms with Gasteiger partial charge in [-0.2, -0.15) is 4.37 Å². The predicted octanol–water partition coefficient (Wildman–Crippen LogP) is 3.65. The maximum absolute atomic E-state index is 12.1. The highest BCUT2D eigenvalue weighted by molar-refractivity contribution is 7.99. The van der Waals surface area contributed by atoms with Crippen molar-refractivity contribution >= 4 is 46.2 Å². The number of hydrogen-bond acceptors (Lipinski definition) is 6. The Morgan fingerprint density at radius 2 is 2.11 bits per heavy atom. The summed E-state index contributed by atoms with van der Waals surface area (Å²) in [6, 6.07) is -0.460. The lowest BCUT2D eigenvalue weighted by Crippen LogP contribution is -2.33. The second-order valence-corrected chi connectivity index (χ2v) is 8.48. The third-order valence-corrected chi connectivity index (χ3v) is 6.34. The highest BCUT2D eigenvalue weighted by atomic mass is 32.2. The number of likely N-dealkylation sites (tertiary alicyclic amines) is 1. The van der Waals surface area contributed by atoms with Crippen molar-refractivity contribution in [2.75, 3.05) is 30.7 Å². The molecule has 0 atom stereocenters. The van der Waals surface area contributed by atoms with Crippen molar-refractivity contribution in [1.29, 1.82) is 0 Å². The fraction of sp³-hybridized carbons (Fsp3) is 0.667. The lowest BCUT2D eigenvalue weighted by molar-refractivity contribution is -0.127. The van der Waals surface area contributed by atoms with E-state index < -0.39 is 12.0 Å². The summed E-state index contributed by atoms with van der Waals surface area (Å²) in [7, 11) is 0. The monoisotopic (exact) mass is 428 g/mol. The molecule has 0 radical (unpaired) electrons. The first kappa shape index (κ1) is 22.5. The quantitative estimate of drug-likeness (QED) is 0.346. The number of carbonyl (C=O) groups is 3. The summed E-state index contributed by atoms with van der Waals surface area (Å²) in [6.45, 7) is 3.96. The van der Waals surface area contributed by atoms with Crippen molar-refractivity contribution in [1.82, 2.24) is 14.6 Å². The number of aromatic nitrogens is 1. The third-order valence-electron chi connectivity index (χ3n) is 4.40. The Morgan fingerprint density at radius 3 is 2.79 bits per heavy atom. The Labute approximate surface area is 173 Å². The maximum atomic E-state index is 12.1. The van der Waals surface area contributed by atoms with E-state index in [1.54, 1.807) is 4.90 Å². The zero-order valence-electron chi connectivity index (χ0n) is 16.2. The van der Waals surface area contributed by atoms with Crippen LogP contribution in [0.3, 0.4) is 0 Å². The molecule has 0 bridgehead atoms. The van der Waals surface area contributed by atoms with Crippen molar-refractivity contribution in [3.8, 4) is 0 Å². The van der Waals surface area contributed by atoms with E-state index in [-0.39, 0.29) is 16.5 Å². The molecule has 3 N–H and O–H groups in total. The molecular weight excluding hydrogens is 400 g/mol. The average molecular weight is 429 g/mol. The van der Waals surface area contributed by atoms with E-state index in [1.165, 1.54) is 18.2 Å². The van der Waals surface area contributed by atoms with Crippen LogP contribution >= 0.6 is 23.3 Å². The van der Waals surface area contributed by atoms with Gasteiger partial charge < -0.3 is 15.3 Å². The van der Waals surface area contributed by atoms with Crippen molar-refractivity contribution in [2.45, 2.75) is 56.9 Å². The summed E-state index contributed by atoms with van der Waals surface area (Å²) >= 11 is 2.40. The van der Waals surface area contributed by atoms with Gasteiger partial charge in [0.05, 0.1) is 0 Å². The molecule has 8 nitrogen and oxygen atoms in total. The van der Waals surface area contributed by atoms with Gasteiger partial charge in [0.25, 0.3) is 0 Å². The summed E-state index contributed by atoms with van der Waals surface area (Å²) in [4.78, 5) is 37.0. The molecule has 3 amide bonds. The molecule has 0 aliphatic carbocycles. The first-order valence-electron chi connectivity index (χ1n) is 9.71. The molecule has 2 rings (SSSR count). The zero-order chi connectivity index (χ0) is 20.4. The summed E-state index contributed by atoms with van der Waals surface area (Å²) in [6.07, 6.45) is 6.61. The average Bonchev–Trinajstić information content (AvgIpc) is 3.24. The molecule has 1 aliphatic heterocycles. The largest absolute Gasteiger partial charge is 0.477 e. The minimum atomic E-state index is -1.09. The highest BCUT2D eigenvalue weighted by Gasteiger charge is 2.22. The number of aromatic carboxylic acids is 1. The Balaban J connectivity index is 1.77. The fourth-order valence-electron chi connectivity index (χ4n) is 2.91. The molecule has 2 heterocycles. The van der Waals surface area contributed by atoms with Crippen molar-refractivity contribution in [2.24, 2.45) is 0 Å². The van der Waals surface area contributed by atoms with Gasteiger partial charge in [-0.1, -0.05) is 26.2 Å². The number of carboxylic acid groups (broad SMARTS) is 1. The summed E-state index contributed by atoms with van der Waals surface area (Å²) < 4.78 is 4.20. The van der Waals surface area contributed by atoms with Crippen LogP contribution in [0.2, 0.25) is 0 Å². The number of carboxylic acids is 1. The lowest BCUT2D eigenvalue weighted by atomic mass is 10.2. The number of hydrogen-bond donors (Lipinski definition) is 3. The van der Waals surface area contributed by atoms with E-state index in [9.17, 15) is 19.5 Å². The molecule has 0 spiro atoms. The molecule has 1 fully saturated rings. The number of anilines is 1. The number of nitrogens with zero attached hydrogens (tertiary/aromatic N) is 2. The number of carbonyl (C=O) groups excluding carboxylic acids is 2. The Morgan fingerprint density at radius 1 is 1.29 bits per heavy atom. The molecule has 28 heavy (non-hydrogen) atoms. The van der Waals surface area contributed by atoms with Crippen LogP contribution in [-0.4, -0.2) is 57.7 Å². The van der Waals surface area contributed by atoms with Gasteiger partial charge in [0.15, 0.2) is 0 Å². The van der Waals surface area contributed by atoms with E-state index in [2.05, 4.69) is 21.9 Å². The third kappa shape index (κ3) is 6.97. The summed E-state index contributed by atoms with van der Waals surface area (Å²) in [5.74, 6) is -0.113. The highest BCUT2D eigenvalue weighted by Crippen LogP contribution is 2.32. The summed E-state index contributed by atoms with van der Waals surface area (Å²) in [5, 5.41) is 15.5. The predicted molar refractivity (Wildman–Crippen MR) is 111 cm³/mol. The first-order chi connectivity index (χ1) is 13.5. The van der Waals surface area contributed by atoms with Gasteiger partial charge in [-0.15, -0.1) is 11.8 Å². The Bertz CT molecular complexity index is 681. The van der Waals surface area contributed by atoms with E-state index in [0.29, 0.717) is 31.0 Å². The number of urea groups is 1. The molecule has 10 heteroatoms. The van der Waals surface area contributed by atoms with Gasteiger partial charge in [-0.25, -0.2) is 9.59 Å². The minimum Gasteiger partial charge on any atom is -0.477 e. The van der Waals surface area contributed by atoms with Gasteiger partial charge in [0, 0.05) is 26.1 Å². The normalized spacial score (nSPS) is 13.8. The van der Waals surface area contributed by atoms with Crippen LogP contribution in [0.15, 0.2) is 5.03 Å². The molecule has 156 valence electrons. The number of unbranched alkanes of at least 4 members (excludes halogenated alkanes) is 3. The lowest BCUT2D eigenvalue weighted by Gasteiger charge is -2.15. The SMILES string of the molecule is CCCCCCSc1nsc(NC(=O)NCCCN2CCCC2=O)c1C(=O)O. The maximum Gasteiger partial charge on any atom is 0.341 e. The van der Waals surface area contributed by atoms with Crippen molar-refractivity contribution in [3.63, 3.8) is 0 Å². The van der Waals surface area contributed by atoms with Crippen LogP contribution in [0.25, 0.3) is 0 Å². The fourth-order valence-corrected chi connectivity index (χ4v) is 4.85. The number of thioether (sulfide) groups is 1. The molecule has 1 saturated heterocycles. The van der Waals surface area contributed by atoms with E-state index in [0.717, 1.165) is 49.5 Å². The van der Waals surface area contributed by atoms with Crippen molar-refractivity contribution in [3.05, 3.63) is 5.56 Å². The molecule has 0 aromatic carbocycles. The Kier molecular flexibility index (Phi) is 9.56. The Hall–Kier alpha value is -1.81. The zero-order valence-corrected chi connectivity index (χ0v) is 17.8. The topological polar surface area (TPSA) is 112 Å². The van der Waals surface area contributed by atoms with Crippen LogP contribution in [0.5, 0.6) is 0 Å². The standard InChI is InChI=1S/C18H28N4O4S2/c1-2-3-4-5-12-27-16-14(17(24)25)15(28-21-16)20-18(26)19-9-7-11-22-10-6-8-13(22)23/h2-12H2,1H3,(H,24,25)(H2,19,20,26). The minimum absolute atomic E-state index is 0.0586. The molecule has 1 aromatic rings. The van der Waals surface area contributed by atoms with Crippen LogP contribution in [-0.2, 0) is 4.79 Å². The van der Waals surface area contributed by atoms with Gasteiger partial charge in [0.2, 0.25) is 5.91 Å². The molecule has 1 aromatic heterocycles. The van der Waals surface area contributed by atoms with Crippen LogP contribution in [0.1, 0.15) is 62.2 Å². The van der Waals surface area contributed by atoms with E-state index in [1.807, 2.05) is 0 Å². The smallest absolute Gasteiger partial charge is 0.341 e. The van der Waals surface area contributed by atoms with E-state index in [4.69, 9.17) is 0 Å². The second kappa shape index (κ2) is 11.9. The van der Waals surface area contributed by atoms with Crippen molar-refractivity contribution < 1.29 is 19.5 Å². The molecule has 0 unspecified atom stereocenters.